The average molecular weight is 234 g/mol. The molecule has 0 heterocycles. The van der Waals surface area contributed by atoms with Crippen LogP contribution >= 0.6 is 11.6 Å². The number of ether oxygens (including phenoxy) is 1. The fourth-order valence-electron chi connectivity index (χ4n) is 1.01. The van der Waals surface area contributed by atoms with Crippen LogP contribution in [0.4, 0.5) is 4.39 Å². The van der Waals surface area contributed by atoms with E-state index in [4.69, 9.17) is 21.4 Å². The molecule has 1 rings (SSSR count). The number of halogens is 2. The Morgan fingerprint density at radius 2 is 2.27 bits per heavy atom. The van der Waals surface area contributed by atoms with Gasteiger partial charge >= 0.3 is 0 Å². The standard InChI is InChI=1S/C10H11ClFO3/c11-8-6-7(2-3-9(8)12)10(14)15-5-1-4-13/h2-3,6,10,13H,1,4-5H2. The van der Waals surface area contributed by atoms with Gasteiger partial charge in [0, 0.05) is 12.2 Å². The van der Waals surface area contributed by atoms with Crippen LogP contribution in [-0.4, -0.2) is 18.3 Å². The monoisotopic (exact) mass is 233 g/mol. The maximum absolute atomic E-state index is 12.8. The Hall–Kier alpha value is -0.680. The number of hydrogen-bond acceptors (Lipinski definition) is 2. The molecule has 1 N–H and O–H groups in total. The van der Waals surface area contributed by atoms with Gasteiger partial charge in [-0.25, -0.2) is 4.39 Å². The van der Waals surface area contributed by atoms with E-state index in [0.717, 1.165) is 6.07 Å². The fraction of sp³-hybridized carbons (Fsp3) is 0.400. The first-order valence-corrected chi connectivity index (χ1v) is 4.86. The van der Waals surface area contributed by atoms with Crippen LogP contribution in [0.25, 0.3) is 0 Å². The summed E-state index contributed by atoms with van der Waals surface area (Å²) in [6, 6.07) is 3.70. The van der Waals surface area contributed by atoms with E-state index >= 15 is 0 Å². The topological polar surface area (TPSA) is 49.4 Å². The molecule has 0 saturated carbocycles. The summed E-state index contributed by atoms with van der Waals surface area (Å²) < 4.78 is 17.6. The number of hydrogen-bond donors (Lipinski definition) is 1. The van der Waals surface area contributed by atoms with Crippen molar-refractivity contribution in [3.8, 4) is 0 Å². The molecule has 83 valence electrons. The summed E-state index contributed by atoms with van der Waals surface area (Å²) in [7, 11) is 0. The minimum atomic E-state index is -1.39. The molecule has 0 amide bonds. The van der Waals surface area contributed by atoms with Gasteiger partial charge in [-0.05, 0) is 18.6 Å². The lowest BCUT2D eigenvalue weighted by Gasteiger charge is -2.10. The summed E-state index contributed by atoms with van der Waals surface area (Å²) in [6.45, 7) is 0.135. The van der Waals surface area contributed by atoms with Gasteiger partial charge in [-0.2, -0.15) is 5.11 Å². The molecular formula is C10H11ClFO3. The maximum Gasteiger partial charge on any atom is 0.217 e. The zero-order valence-electron chi connectivity index (χ0n) is 7.95. The second kappa shape index (κ2) is 6.02. The Morgan fingerprint density at radius 3 is 2.87 bits per heavy atom. The SMILES string of the molecule is [O]C(OCCCO)c1ccc(F)c(Cl)c1. The minimum absolute atomic E-state index is 0.0309. The van der Waals surface area contributed by atoms with Crippen LogP contribution in [0.5, 0.6) is 0 Å². The van der Waals surface area contributed by atoms with Gasteiger partial charge in [0.2, 0.25) is 6.29 Å². The summed E-state index contributed by atoms with van der Waals surface area (Å²) >= 11 is 5.51. The molecule has 0 fully saturated rings. The lowest BCUT2D eigenvalue weighted by atomic mass is 10.2. The van der Waals surface area contributed by atoms with Gasteiger partial charge in [-0.1, -0.05) is 17.7 Å². The van der Waals surface area contributed by atoms with E-state index in [2.05, 4.69) is 0 Å². The maximum atomic E-state index is 12.8. The van der Waals surface area contributed by atoms with Gasteiger partial charge in [0.25, 0.3) is 0 Å². The molecule has 1 aromatic carbocycles. The number of aliphatic hydroxyl groups is 1. The molecule has 1 aromatic rings. The van der Waals surface area contributed by atoms with Crippen molar-refractivity contribution in [1.29, 1.82) is 0 Å². The Bertz CT molecular complexity index is 320. The highest BCUT2D eigenvalue weighted by molar-refractivity contribution is 6.30. The first-order valence-electron chi connectivity index (χ1n) is 4.48. The van der Waals surface area contributed by atoms with Crippen LogP contribution in [0, 0.1) is 5.82 Å². The molecule has 15 heavy (non-hydrogen) atoms. The van der Waals surface area contributed by atoms with Crippen molar-refractivity contribution in [2.75, 3.05) is 13.2 Å². The van der Waals surface area contributed by atoms with Crippen molar-refractivity contribution in [2.24, 2.45) is 0 Å². The predicted octanol–water partition coefficient (Wildman–Crippen LogP) is 2.31. The van der Waals surface area contributed by atoms with Crippen molar-refractivity contribution < 1.29 is 19.3 Å². The molecule has 1 atom stereocenters. The van der Waals surface area contributed by atoms with Gasteiger partial charge in [0.1, 0.15) is 5.82 Å². The third-order valence-electron chi connectivity index (χ3n) is 1.79. The predicted molar refractivity (Wildman–Crippen MR) is 52.5 cm³/mol. The smallest absolute Gasteiger partial charge is 0.217 e. The van der Waals surface area contributed by atoms with Gasteiger partial charge in [0.05, 0.1) is 11.6 Å². The Kier molecular flexibility index (Phi) is 4.98. The van der Waals surface area contributed by atoms with Crippen molar-refractivity contribution in [1.82, 2.24) is 0 Å². The molecule has 0 saturated heterocycles. The molecule has 0 aliphatic carbocycles. The van der Waals surface area contributed by atoms with Crippen LogP contribution in [0.15, 0.2) is 18.2 Å². The van der Waals surface area contributed by atoms with Gasteiger partial charge < -0.3 is 9.84 Å². The summed E-state index contributed by atoms with van der Waals surface area (Å²) in [4.78, 5) is 0. The molecule has 3 nitrogen and oxygen atoms in total. The van der Waals surface area contributed by atoms with Crippen molar-refractivity contribution in [3.05, 3.63) is 34.6 Å². The second-order valence-electron chi connectivity index (χ2n) is 2.95. The van der Waals surface area contributed by atoms with Gasteiger partial charge in [-0.15, -0.1) is 0 Å². The summed E-state index contributed by atoms with van der Waals surface area (Å²) in [6.07, 6.45) is -0.997. The summed E-state index contributed by atoms with van der Waals surface area (Å²) in [5.41, 5.74) is 0.277. The highest BCUT2D eigenvalue weighted by Crippen LogP contribution is 2.21. The first kappa shape index (κ1) is 12.4. The number of aliphatic hydroxyl groups excluding tert-OH is 1. The number of rotatable bonds is 5. The Balaban J connectivity index is 2.57. The molecule has 0 spiro atoms. The summed E-state index contributed by atoms with van der Waals surface area (Å²) in [5.74, 6) is -0.567. The third-order valence-corrected chi connectivity index (χ3v) is 2.08. The van der Waals surface area contributed by atoms with Gasteiger partial charge in [-0.3, -0.25) is 0 Å². The van der Waals surface area contributed by atoms with E-state index in [-0.39, 0.29) is 23.8 Å². The molecule has 0 aliphatic rings. The van der Waals surface area contributed by atoms with E-state index in [1.165, 1.54) is 12.1 Å². The van der Waals surface area contributed by atoms with E-state index in [1.807, 2.05) is 0 Å². The lowest BCUT2D eigenvalue weighted by Crippen LogP contribution is -2.04. The van der Waals surface area contributed by atoms with Crippen LogP contribution in [-0.2, 0) is 9.84 Å². The van der Waals surface area contributed by atoms with Crippen LogP contribution in [0.3, 0.4) is 0 Å². The highest BCUT2D eigenvalue weighted by Gasteiger charge is 2.11. The number of benzene rings is 1. The van der Waals surface area contributed by atoms with Crippen LogP contribution in [0.2, 0.25) is 5.02 Å². The van der Waals surface area contributed by atoms with Crippen molar-refractivity contribution in [2.45, 2.75) is 12.7 Å². The van der Waals surface area contributed by atoms with Crippen molar-refractivity contribution >= 4 is 11.6 Å². The Labute approximate surface area is 92.1 Å². The summed E-state index contributed by atoms with van der Waals surface area (Å²) in [5, 5.41) is 19.8. The molecular weight excluding hydrogens is 223 g/mol. The Morgan fingerprint density at radius 1 is 1.53 bits per heavy atom. The normalized spacial score (nSPS) is 12.8. The highest BCUT2D eigenvalue weighted by atomic mass is 35.5. The average Bonchev–Trinajstić information content (AvgIpc) is 2.22. The van der Waals surface area contributed by atoms with E-state index in [1.54, 1.807) is 0 Å². The second-order valence-corrected chi connectivity index (χ2v) is 3.36. The molecule has 0 bridgehead atoms. The molecule has 5 heteroatoms. The third kappa shape index (κ3) is 3.76. The largest absolute Gasteiger partial charge is 0.396 e. The van der Waals surface area contributed by atoms with Crippen LogP contribution in [0.1, 0.15) is 18.3 Å². The zero-order valence-corrected chi connectivity index (χ0v) is 8.71. The zero-order chi connectivity index (χ0) is 11.3. The lowest BCUT2D eigenvalue weighted by molar-refractivity contribution is -0.146. The van der Waals surface area contributed by atoms with E-state index < -0.39 is 12.1 Å². The molecule has 0 aliphatic heterocycles. The van der Waals surface area contributed by atoms with Crippen molar-refractivity contribution in [3.63, 3.8) is 0 Å². The minimum Gasteiger partial charge on any atom is -0.396 e. The van der Waals surface area contributed by atoms with E-state index in [9.17, 15) is 9.50 Å². The molecule has 1 unspecified atom stereocenters. The molecule has 0 aromatic heterocycles. The fourth-order valence-corrected chi connectivity index (χ4v) is 1.20. The van der Waals surface area contributed by atoms with E-state index in [0.29, 0.717) is 6.42 Å². The molecule has 1 radical (unpaired) electrons. The van der Waals surface area contributed by atoms with Crippen LogP contribution < -0.4 is 0 Å². The first-order chi connectivity index (χ1) is 7.15. The van der Waals surface area contributed by atoms with Gasteiger partial charge in [0.15, 0.2) is 0 Å². The quantitative estimate of drug-likeness (QED) is 0.627.